The number of nitrogens with two attached hydrogens (primary N) is 1. The highest BCUT2D eigenvalue weighted by molar-refractivity contribution is 4.99. The molecule has 4 atom stereocenters. The summed E-state index contributed by atoms with van der Waals surface area (Å²) in [4.78, 5) is 0. The van der Waals surface area contributed by atoms with E-state index < -0.39 is 24.1 Å². The zero-order chi connectivity index (χ0) is 9.64. The molecular formula is C8H12F3NO. The summed E-state index contributed by atoms with van der Waals surface area (Å²) in [7, 11) is 0. The lowest BCUT2D eigenvalue weighted by atomic mass is 9.79. The molecule has 0 spiro atoms. The second kappa shape index (κ2) is 2.85. The van der Waals surface area contributed by atoms with Crippen LogP contribution in [0.2, 0.25) is 0 Å². The predicted molar refractivity (Wildman–Crippen MR) is 40.0 cm³/mol. The first-order valence-electron chi connectivity index (χ1n) is 4.46. The summed E-state index contributed by atoms with van der Waals surface area (Å²) in [6.45, 7) is 0.0747. The maximum atomic E-state index is 12.5. The second-order valence-electron chi connectivity index (χ2n) is 3.76. The Morgan fingerprint density at radius 3 is 2.31 bits per heavy atom. The smallest absolute Gasteiger partial charge is 0.374 e. The van der Waals surface area contributed by atoms with Crippen molar-refractivity contribution in [3.8, 4) is 0 Å². The van der Waals surface area contributed by atoms with Crippen molar-refractivity contribution in [2.75, 3.05) is 6.54 Å². The van der Waals surface area contributed by atoms with Crippen molar-refractivity contribution in [1.29, 1.82) is 0 Å². The van der Waals surface area contributed by atoms with E-state index in [1.165, 1.54) is 0 Å². The summed E-state index contributed by atoms with van der Waals surface area (Å²) >= 11 is 0. The van der Waals surface area contributed by atoms with Crippen molar-refractivity contribution in [2.45, 2.75) is 31.2 Å². The van der Waals surface area contributed by atoms with E-state index in [4.69, 9.17) is 10.5 Å². The molecule has 0 aromatic rings. The quantitative estimate of drug-likeness (QED) is 0.684. The van der Waals surface area contributed by atoms with Crippen molar-refractivity contribution < 1.29 is 17.9 Å². The molecule has 2 aliphatic rings. The summed E-state index contributed by atoms with van der Waals surface area (Å²) in [5, 5.41) is 0. The molecule has 0 unspecified atom stereocenters. The highest BCUT2D eigenvalue weighted by atomic mass is 19.4. The Morgan fingerprint density at radius 2 is 1.85 bits per heavy atom. The van der Waals surface area contributed by atoms with E-state index in [-0.39, 0.29) is 12.6 Å². The largest absolute Gasteiger partial charge is 0.394 e. The first-order valence-corrected chi connectivity index (χ1v) is 4.46. The molecule has 0 aliphatic carbocycles. The maximum Gasteiger partial charge on any atom is 0.394 e. The molecule has 2 bridgehead atoms. The Morgan fingerprint density at radius 1 is 1.23 bits per heavy atom. The van der Waals surface area contributed by atoms with Crippen LogP contribution in [-0.2, 0) is 4.74 Å². The van der Waals surface area contributed by atoms with Gasteiger partial charge in [-0.1, -0.05) is 0 Å². The number of hydrogen-bond acceptors (Lipinski definition) is 2. The summed E-state index contributed by atoms with van der Waals surface area (Å²) in [6, 6.07) is 0. The van der Waals surface area contributed by atoms with Crippen LogP contribution in [0.25, 0.3) is 0 Å². The van der Waals surface area contributed by atoms with Gasteiger partial charge in [0.15, 0.2) is 0 Å². The molecule has 2 heterocycles. The first kappa shape index (κ1) is 9.27. The summed E-state index contributed by atoms with van der Waals surface area (Å²) in [5.74, 6) is -1.84. The summed E-state index contributed by atoms with van der Waals surface area (Å²) in [5.41, 5.74) is 5.33. The Balaban J connectivity index is 2.18. The molecule has 76 valence electrons. The van der Waals surface area contributed by atoms with Crippen LogP contribution in [0, 0.1) is 11.8 Å². The molecule has 0 amide bonds. The normalized spacial score (nSPS) is 44.3. The summed E-state index contributed by atoms with van der Waals surface area (Å²) < 4.78 is 42.8. The molecule has 0 aromatic carbocycles. The van der Waals surface area contributed by atoms with Crippen LogP contribution in [0.1, 0.15) is 12.8 Å². The third kappa shape index (κ3) is 1.34. The fourth-order valence-electron chi connectivity index (χ4n) is 2.53. The van der Waals surface area contributed by atoms with Crippen molar-refractivity contribution in [1.82, 2.24) is 0 Å². The van der Waals surface area contributed by atoms with Crippen LogP contribution in [0.4, 0.5) is 13.2 Å². The molecule has 2 fully saturated rings. The molecule has 2 aliphatic heterocycles. The van der Waals surface area contributed by atoms with Gasteiger partial charge < -0.3 is 10.5 Å². The maximum absolute atomic E-state index is 12.5. The van der Waals surface area contributed by atoms with Crippen molar-refractivity contribution in [3.63, 3.8) is 0 Å². The standard InChI is InChI=1S/C8H12F3NO/c9-8(10,11)7-4(3-12)5-1-2-6(7)13-5/h4-7H,1-3,12H2/t4-,5-,6+,7+/m1/s1. The van der Waals surface area contributed by atoms with Gasteiger partial charge in [-0.2, -0.15) is 13.2 Å². The molecule has 2 rings (SSSR count). The topological polar surface area (TPSA) is 35.2 Å². The Kier molecular flexibility index (Phi) is 2.03. The average Bonchev–Trinajstić information content (AvgIpc) is 2.59. The van der Waals surface area contributed by atoms with Crippen LogP contribution in [0.5, 0.6) is 0 Å². The number of halogens is 3. The molecule has 2 N–H and O–H groups in total. The van der Waals surface area contributed by atoms with E-state index in [0.29, 0.717) is 6.42 Å². The number of hydrogen-bond donors (Lipinski definition) is 1. The van der Waals surface area contributed by atoms with Gasteiger partial charge in [0.05, 0.1) is 18.1 Å². The second-order valence-corrected chi connectivity index (χ2v) is 3.76. The molecule has 0 aromatic heterocycles. The third-order valence-electron chi connectivity index (χ3n) is 3.07. The van der Waals surface area contributed by atoms with Gasteiger partial charge in [-0.25, -0.2) is 0 Å². The van der Waals surface area contributed by atoms with E-state index in [9.17, 15) is 13.2 Å². The lowest BCUT2D eigenvalue weighted by molar-refractivity contribution is -0.195. The third-order valence-corrected chi connectivity index (χ3v) is 3.07. The SMILES string of the molecule is NC[C@H]1[C@H](C(F)(F)F)[C@@H]2CC[C@H]1O2. The van der Waals surface area contributed by atoms with Crippen LogP contribution >= 0.6 is 0 Å². The Hall–Kier alpha value is -0.290. The van der Waals surface area contributed by atoms with Crippen LogP contribution in [-0.4, -0.2) is 24.9 Å². The monoisotopic (exact) mass is 195 g/mol. The van der Waals surface area contributed by atoms with Gasteiger partial charge in [-0.15, -0.1) is 0 Å². The lowest BCUT2D eigenvalue weighted by Gasteiger charge is -2.28. The average molecular weight is 195 g/mol. The lowest BCUT2D eigenvalue weighted by Crippen LogP contribution is -2.41. The van der Waals surface area contributed by atoms with Gasteiger partial charge in [0.25, 0.3) is 0 Å². The van der Waals surface area contributed by atoms with Gasteiger partial charge in [0.1, 0.15) is 0 Å². The van der Waals surface area contributed by atoms with Gasteiger partial charge >= 0.3 is 6.18 Å². The van der Waals surface area contributed by atoms with Gasteiger partial charge in [-0.05, 0) is 19.4 Å². The van der Waals surface area contributed by atoms with E-state index >= 15 is 0 Å². The van der Waals surface area contributed by atoms with Crippen LogP contribution in [0.3, 0.4) is 0 Å². The minimum absolute atomic E-state index is 0.0747. The van der Waals surface area contributed by atoms with E-state index in [2.05, 4.69) is 0 Å². The number of ether oxygens (including phenoxy) is 1. The van der Waals surface area contributed by atoms with E-state index in [0.717, 1.165) is 6.42 Å². The van der Waals surface area contributed by atoms with Crippen molar-refractivity contribution in [3.05, 3.63) is 0 Å². The molecule has 13 heavy (non-hydrogen) atoms. The van der Waals surface area contributed by atoms with Crippen molar-refractivity contribution >= 4 is 0 Å². The minimum Gasteiger partial charge on any atom is -0.374 e. The Bertz CT molecular complexity index is 206. The van der Waals surface area contributed by atoms with E-state index in [1.54, 1.807) is 0 Å². The molecule has 2 nitrogen and oxygen atoms in total. The number of alkyl halides is 3. The molecule has 0 saturated carbocycles. The predicted octanol–water partition coefficient (Wildman–Crippen LogP) is 1.30. The fourth-order valence-corrected chi connectivity index (χ4v) is 2.53. The molecule has 5 heteroatoms. The van der Waals surface area contributed by atoms with Crippen molar-refractivity contribution in [2.24, 2.45) is 17.6 Å². The van der Waals surface area contributed by atoms with E-state index in [1.807, 2.05) is 0 Å². The highest BCUT2D eigenvalue weighted by Gasteiger charge is 2.59. The van der Waals surface area contributed by atoms with Gasteiger partial charge in [-0.3, -0.25) is 0 Å². The van der Waals surface area contributed by atoms with Gasteiger partial charge in [0.2, 0.25) is 0 Å². The zero-order valence-corrected chi connectivity index (χ0v) is 7.05. The number of fused-ring (bicyclic) bond motifs is 2. The highest BCUT2D eigenvalue weighted by Crippen LogP contribution is 2.49. The zero-order valence-electron chi connectivity index (χ0n) is 7.05. The first-order chi connectivity index (χ1) is 6.04. The van der Waals surface area contributed by atoms with Crippen LogP contribution in [0.15, 0.2) is 0 Å². The van der Waals surface area contributed by atoms with Gasteiger partial charge in [0, 0.05) is 5.92 Å². The number of rotatable bonds is 1. The fraction of sp³-hybridized carbons (Fsp3) is 1.00. The summed E-state index contributed by atoms with van der Waals surface area (Å²) in [6.07, 6.45) is -3.76. The minimum atomic E-state index is -4.15. The molecular weight excluding hydrogens is 183 g/mol. The molecule has 2 saturated heterocycles. The Labute approximate surface area is 74.2 Å². The molecule has 0 radical (unpaired) electrons. The van der Waals surface area contributed by atoms with Crippen LogP contribution < -0.4 is 5.73 Å².